The van der Waals surface area contributed by atoms with E-state index in [-0.39, 0.29) is 5.41 Å². The second-order valence-corrected chi connectivity index (χ2v) is 5.07. The van der Waals surface area contributed by atoms with Gasteiger partial charge in [-0.1, -0.05) is 20.8 Å². The number of nitrogens with two attached hydrogens (primary N) is 1. The van der Waals surface area contributed by atoms with E-state index in [0.717, 1.165) is 16.7 Å². The van der Waals surface area contributed by atoms with Crippen molar-refractivity contribution in [2.24, 2.45) is 0 Å². The molecule has 90 valence electrons. The van der Waals surface area contributed by atoms with Gasteiger partial charge < -0.3 is 5.73 Å². The van der Waals surface area contributed by atoms with Crippen molar-refractivity contribution in [1.29, 1.82) is 5.26 Å². The highest BCUT2D eigenvalue weighted by Gasteiger charge is 2.25. The summed E-state index contributed by atoms with van der Waals surface area (Å²) in [7, 11) is 0. The number of anilines is 1. The van der Waals surface area contributed by atoms with Gasteiger partial charge in [0, 0.05) is 5.41 Å². The van der Waals surface area contributed by atoms with Gasteiger partial charge in [-0.2, -0.15) is 15.5 Å². The molecule has 0 fully saturated rings. The Labute approximate surface area is 99.4 Å². The van der Waals surface area contributed by atoms with Crippen LogP contribution >= 0.6 is 0 Å². The molecule has 17 heavy (non-hydrogen) atoms. The van der Waals surface area contributed by atoms with E-state index in [0.29, 0.717) is 18.8 Å². The van der Waals surface area contributed by atoms with Gasteiger partial charge in [-0.25, -0.2) is 4.68 Å². The van der Waals surface area contributed by atoms with Gasteiger partial charge >= 0.3 is 0 Å². The molecule has 0 unspecified atom stereocenters. The second kappa shape index (κ2) is 3.77. The van der Waals surface area contributed by atoms with Crippen LogP contribution in [0.4, 0.5) is 5.82 Å². The third-order valence-corrected chi connectivity index (χ3v) is 2.62. The van der Waals surface area contributed by atoms with Crippen molar-refractivity contribution in [2.45, 2.75) is 39.2 Å². The predicted octanol–water partition coefficient (Wildman–Crippen LogP) is 1.55. The van der Waals surface area contributed by atoms with E-state index in [4.69, 9.17) is 11.0 Å². The lowest BCUT2D eigenvalue weighted by Gasteiger charge is -2.15. The van der Waals surface area contributed by atoms with Crippen LogP contribution in [0.5, 0.6) is 0 Å². The topological polar surface area (TPSA) is 96.3 Å². The molecule has 2 rings (SSSR count). The van der Waals surface area contributed by atoms with Crippen LogP contribution in [-0.4, -0.2) is 20.0 Å². The zero-order valence-electron chi connectivity index (χ0n) is 10.3. The average molecular weight is 232 g/mol. The van der Waals surface area contributed by atoms with Crippen molar-refractivity contribution in [3.8, 4) is 6.07 Å². The van der Waals surface area contributed by atoms with Crippen molar-refractivity contribution in [1.82, 2.24) is 20.0 Å². The van der Waals surface area contributed by atoms with Crippen LogP contribution in [0.1, 0.15) is 32.9 Å². The molecule has 0 aliphatic heterocycles. The Kier molecular flexibility index (Phi) is 2.54. The summed E-state index contributed by atoms with van der Waals surface area (Å²) in [5, 5.41) is 20.9. The molecule has 0 aliphatic carbocycles. The van der Waals surface area contributed by atoms with Crippen LogP contribution in [0.2, 0.25) is 0 Å². The Hall–Kier alpha value is -2.03. The number of nitrogens with one attached hydrogen (secondary N) is 1. The molecule has 2 aromatic heterocycles. The van der Waals surface area contributed by atoms with Crippen molar-refractivity contribution >= 4 is 16.9 Å². The summed E-state index contributed by atoms with van der Waals surface area (Å²) in [5.74, 6) is 0.535. The van der Waals surface area contributed by atoms with E-state index >= 15 is 0 Å². The van der Waals surface area contributed by atoms with Gasteiger partial charge in [-0.3, -0.25) is 5.10 Å². The third kappa shape index (κ3) is 1.84. The number of hydrogen-bond donors (Lipinski definition) is 2. The molecule has 2 heterocycles. The maximum Gasteiger partial charge on any atom is 0.182 e. The Morgan fingerprint density at radius 3 is 2.76 bits per heavy atom. The summed E-state index contributed by atoms with van der Waals surface area (Å²) in [5.41, 5.74) is 7.41. The zero-order valence-corrected chi connectivity index (χ0v) is 10.3. The van der Waals surface area contributed by atoms with E-state index in [2.05, 4.69) is 42.1 Å². The largest absolute Gasteiger partial charge is 0.383 e. The van der Waals surface area contributed by atoms with Crippen LogP contribution in [0.3, 0.4) is 0 Å². The molecule has 3 N–H and O–H groups in total. The van der Waals surface area contributed by atoms with E-state index in [9.17, 15) is 0 Å². The first-order valence-corrected chi connectivity index (χ1v) is 5.53. The first-order valence-electron chi connectivity index (χ1n) is 5.53. The molecule has 0 aliphatic rings. The number of hydrogen-bond acceptors (Lipinski definition) is 4. The minimum Gasteiger partial charge on any atom is -0.383 e. The maximum atomic E-state index is 8.63. The van der Waals surface area contributed by atoms with Crippen molar-refractivity contribution in [3.63, 3.8) is 0 Å². The van der Waals surface area contributed by atoms with Crippen LogP contribution < -0.4 is 5.73 Å². The third-order valence-electron chi connectivity index (χ3n) is 2.62. The fourth-order valence-electron chi connectivity index (χ4n) is 1.82. The molecular weight excluding hydrogens is 216 g/mol. The zero-order chi connectivity index (χ0) is 12.6. The van der Waals surface area contributed by atoms with Crippen molar-refractivity contribution in [3.05, 3.63) is 5.69 Å². The molecule has 2 aromatic rings. The predicted molar refractivity (Wildman–Crippen MR) is 65.2 cm³/mol. The number of H-pyrrole nitrogens is 1. The van der Waals surface area contributed by atoms with Gasteiger partial charge in [-0.15, -0.1) is 0 Å². The molecule has 0 atom stereocenters. The van der Waals surface area contributed by atoms with E-state index in [1.165, 1.54) is 0 Å². The number of aryl methyl sites for hydroxylation is 1. The second-order valence-electron chi connectivity index (χ2n) is 5.07. The molecule has 0 saturated heterocycles. The molecule has 0 radical (unpaired) electrons. The Morgan fingerprint density at radius 1 is 1.47 bits per heavy atom. The van der Waals surface area contributed by atoms with Gasteiger partial charge in [0.25, 0.3) is 0 Å². The molecule has 0 saturated carbocycles. The lowest BCUT2D eigenvalue weighted by atomic mass is 9.91. The van der Waals surface area contributed by atoms with Crippen LogP contribution in [0, 0.1) is 11.3 Å². The quantitative estimate of drug-likeness (QED) is 0.821. The summed E-state index contributed by atoms with van der Waals surface area (Å²) >= 11 is 0. The highest BCUT2D eigenvalue weighted by molar-refractivity contribution is 5.89. The molecular formula is C11H16N6. The first kappa shape index (κ1) is 11.5. The standard InChI is InChI=1S/C11H16N6/c1-11(2,3)8-7-9(13)14-15-10(7)17(16-8)6-4-5-12/h4,6H2,1-3H3,(H3,13,14,15). The number of fused-ring (bicyclic) bond motifs is 1. The highest BCUT2D eigenvalue weighted by Crippen LogP contribution is 2.31. The number of nitrogen functional groups attached to an aromatic ring is 1. The van der Waals surface area contributed by atoms with Crippen LogP contribution in [0.25, 0.3) is 11.0 Å². The normalized spacial score (nSPS) is 11.9. The number of nitriles is 1. The smallest absolute Gasteiger partial charge is 0.182 e. The minimum atomic E-state index is -0.103. The van der Waals surface area contributed by atoms with Gasteiger partial charge in [0.05, 0.1) is 30.1 Å². The van der Waals surface area contributed by atoms with E-state index in [1.807, 2.05) is 0 Å². The Morgan fingerprint density at radius 2 is 2.18 bits per heavy atom. The molecule has 0 bridgehead atoms. The van der Waals surface area contributed by atoms with Gasteiger partial charge in [-0.05, 0) is 0 Å². The number of rotatable bonds is 2. The van der Waals surface area contributed by atoms with Crippen LogP contribution in [-0.2, 0) is 12.0 Å². The fraction of sp³-hybridized carbons (Fsp3) is 0.545. The summed E-state index contributed by atoms with van der Waals surface area (Å²) < 4.78 is 1.74. The molecule has 0 spiro atoms. The average Bonchev–Trinajstić information content (AvgIpc) is 2.76. The first-order chi connectivity index (χ1) is 7.95. The molecule has 0 aromatic carbocycles. The molecule has 0 amide bonds. The van der Waals surface area contributed by atoms with Gasteiger partial charge in [0.2, 0.25) is 0 Å². The summed E-state index contributed by atoms with van der Waals surface area (Å²) in [6.45, 7) is 6.77. The maximum absolute atomic E-state index is 8.63. The van der Waals surface area contributed by atoms with Crippen molar-refractivity contribution in [2.75, 3.05) is 5.73 Å². The van der Waals surface area contributed by atoms with Crippen molar-refractivity contribution < 1.29 is 0 Å². The molecule has 6 heteroatoms. The van der Waals surface area contributed by atoms with Gasteiger partial charge in [0.1, 0.15) is 5.82 Å². The summed E-state index contributed by atoms with van der Waals surface area (Å²) in [6, 6.07) is 2.11. The molecule has 6 nitrogen and oxygen atoms in total. The van der Waals surface area contributed by atoms with E-state index in [1.54, 1.807) is 4.68 Å². The van der Waals surface area contributed by atoms with E-state index < -0.39 is 0 Å². The highest BCUT2D eigenvalue weighted by atomic mass is 15.3. The fourth-order valence-corrected chi connectivity index (χ4v) is 1.82. The van der Waals surface area contributed by atoms with Gasteiger partial charge in [0.15, 0.2) is 5.65 Å². The Balaban J connectivity index is 2.61. The number of nitrogens with zero attached hydrogens (tertiary/aromatic N) is 4. The number of aromatic nitrogens is 4. The SMILES string of the molecule is CC(C)(C)c1nn(CCC#N)c2n[nH]c(N)c12. The summed E-state index contributed by atoms with van der Waals surface area (Å²) in [6.07, 6.45) is 0.410. The lowest BCUT2D eigenvalue weighted by Crippen LogP contribution is -2.14. The monoisotopic (exact) mass is 232 g/mol. The summed E-state index contributed by atoms with van der Waals surface area (Å²) in [4.78, 5) is 0. The van der Waals surface area contributed by atoms with Crippen LogP contribution in [0.15, 0.2) is 0 Å². The minimum absolute atomic E-state index is 0.103. The Bertz CT molecular complexity index is 577. The number of aromatic amines is 1. The lowest BCUT2D eigenvalue weighted by molar-refractivity contribution is 0.539.